The van der Waals surface area contributed by atoms with Crippen LogP contribution < -0.4 is 9.47 Å². The summed E-state index contributed by atoms with van der Waals surface area (Å²) in [5.41, 5.74) is 1.84. The highest BCUT2D eigenvalue weighted by atomic mass is 16.7. The van der Waals surface area contributed by atoms with E-state index in [2.05, 4.69) is 0 Å². The van der Waals surface area contributed by atoms with Crippen LogP contribution in [0.3, 0.4) is 0 Å². The molecule has 5 heteroatoms. The van der Waals surface area contributed by atoms with Gasteiger partial charge in [-0.25, -0.2) is 0 Å². The number of hydrogen-bond acceptors (Lipinski definition) is 5. The molecule has 26 heavy (non-hydrogen) atoms. The molecule has 0 aliphatic heterocycles. The van der Waals surface area contributed by atoms with Gasteiger partial charge in [-0.3, -0.25) is 4.79 Å². The molecule has 0 radical (unpaired) electrons. The van der Waals surface area contributed by atoms with Gasteiger partial charge in [0.1, 0.15) is 17.2 Å². The molecule has 5 nitrogen and oxygen atoms in total. The maximum atomic E-state index is 12.5. The Kier molecular flexibility index (Phi) is 6.81. The molecule has 0 saturated carbocycles. The van der Waals surface area contributed by atoms with Crippen molar-refractivity contribution in [2.75, 3.05) is 21.0 Å². The van der Waals surface area contributed by atoms with Crippen LogP contribution >= 0.6 is 0 Å². The highest BCUT2D eigenvalue weighted by molar-refractivity contribution is 6.04. The van der Waals surface area contributed by atoms with E-state index in [1.54, 1.807) is 33.1 Å². The lowest BCUT2D eigenvalue weighted by Crippen LogP contribution is -2.09. The lowest BCUT2D eigenvalue weighted by atomic mass is 9.94. The van der Waals surface area contributed by atoms with E-state index in [-0.39, 0.29) is 24.2 Å². The minimum atomic E-state index is -0.223. The molecule has 138 valence electrons. The third kappa shape index (κ3) is 4.86. The SMILES string of the molecule is COCOc1ccc(/C=C/c2cc(OC)cc(O)c2C(=O)C(C)C)cc1. The number of phenolic OH excluding ortho intramolecular Hbond substituents is 1. The number of benzene rings is 2. The second-order valence-electron chi connectivity index (χ2n) is 6.08. The maximum absolute atomic E-state index is 12.5. The average Bonchev–Trinajstić information content (AvgIpc) is 2.64. The summed E-state index contributed by atoms with van der Waals surface area (Å²) >= 11 is 0. The molecule has 0 aliphatic carbocycles. The normalized spacial score (nSPS) is 11.1. The van der Waals surface area contributed by atoms with Crippen molar-refractivity contribution < 1.29 is 24.1 Å². The largest absolute Gasteiger partial charge is 0.507 e. The summed E-state index contributed by atoms with van der Waals surface area (Å²) in [6.07, 6.45) is 3.66. The number of ether oxygens (including phenoxy) is 3. The molecule has 2 rings (SSSR count). The van der Waals surface area contributed by atoms with Crippen LogP contribution in [0.4, 0.5) is 0 Å². The molecule has 0 fully saturated rings. The van der Waals surface area contributed by atoms with Crippen LogP contribution in [0.15, 0.2) is 36.4 Å². The molecule has 0 amide bonds. The van der Waals surface area contributed by atoms with Crippen molar-refractivity contribution in [2.24, 2.45) is 5.92 Å². The number of methoxy groups -OCH3 is 2. The van der Waals surface area contributed by atoms with Gasteiger partial charge >= 0.3 is 0 Å². The van der Waals surface area contributed by atoms with Gasteiger partial charge in [-0.2, -0.15) is 0 Å². The van der Waals surface area contributed by atoms with Gasteiger partial charge in [-0.05, 0) is 29.3 Å². The molecule has 0 unspecified atom stereocenters. The molecule has 0 aliphatic rings. The number of Topliss-reactive ketones (excluding diaryl/α,β-unsaturated/α-hetero) is 1. The van der Waals surface area contributed by atoms with Crippen molar-refractivity contribution in [3.63, 3.8) is 0 Å². The van der Waals surface area contributed by atoms with E-state index < -0.39 is 0 Å². The number of carbonyl (C=O) groups is 1. The first-order valence-electron chi connectivity index (χ1n) is 8.31. The molecule has 0 spiro atoms. The van der Waals surface area contributed by atoms with E-state index >= 15 is 0 Å². The van der Waals surface area contributed by atoms with Gasteiger partial charge in [0.05, 0.1) is 12.7 Å². The number of aromatic hydroxyl groups is 1. The van der Waals surface area contributed by atoms with Crippen LogP contribution in [0.1, 0.15) is 35.3 Å². The van der Waals surface area contributed by atoms with E-state index in [1.165, 1.54) is 13.2 Å². The zero-order valence-corrected chi connectivity index (χ0v) is 15.5. The van der Waals surface area contributed by atoms with E-state index in [4.69, 9.17) is 14.2 Å². The van der Waals surface area contributed by atoms with Gasteiger partial charge in [-0.15, -0.1) is 0 Å². The van der Waals surface area contributed by atoms with E-state index in [0.717, 1.165) is 5.56 Å². The minimum Gasteiger partial charge on any atom is -0.507 e. The van der Waals surface area contributed by atoms with Crippen molar-refractivity contribution in [1.29, 1.82) is 0 Å². The Balaban J connectivity index is 2.33. The molecular weight excluding hydrogens is 332 g/mol. The Morgan fingerprint density at radius 1 is 1.08 bits per heavy atom. The van der Waals surface area contributed by atoms with Gasteiger partial charge in [0.2, 0.25) is 0 Å². The number of carbonyl (C=O) groups excluding carboxylic acids is 1. The van der Waals surface area contributed by atoms with Crippen LogP contribution in [-0.4, -0.2) is 31.9 Å². The number of phenols is 1. The zero-order chi connectivity index (χ0) is 19.1. The second-order valence-corrected chi connectivity index (χ2v) is 6.08. The van der Waals surface area contributed by atoms with E-state index in [1.807, 2.05) is 30.3 Å². The van der Waals surface area contributed by atoms with Gasteiger partial charge in [0, 0.05) is 19.1 Å². The van der Waals surface area contributed by atoms with Crippen LogP contribution in [0.5, 0.6) is 17.2 Å². The summed E-state index contributed by atoms with van der Waals surface area (Å²) in [6, 6.07) is 10.7. The topological polar surface area (TPSA) is 65.0 Å². The Hall–Kier alpha value is -2.79. The van der Waals surface area contributed by atoms with Crippen molar-refractivity contribution in [2.45, 2.75) is 13.8 Å². The second kappa shape index (κ2) is 9.06. The Morgan fingerprint density at radius 2 is 1.77 bits per heavy atom. The smallest absolute Gasteiger partial charge is 0.188 e. The third-order valence-electron chi connectivity index (χ3n) is 3.81. The minimum absolute atomic E-state index is 0.0778. The molecule has 0 bridgehead atoms. The molecule has 0 heterocycles. The fourth-order valence-corrected chi connectivity index (χ4v) is 2.42. The average molecular weight is 356 g/mol. The summed E-state index contributed by atoms with van der Waals surface area (Å²) in [6.45, 7) is 3.80. The van der Waals surface area contributed by atoms with Crippen molar-refractivity contribution in [1.82, 2.24) is 0 Å². The van der Waals surface area contributed by atoms with Crippen LogP contribution in [0.25, 0.3) is 12.2 Å². The maximum Gasteiger partial charge on any atom is 0.188 e. The molecule has 0 aromatic heterocycles. The molecule has 0 atom stereocenters. The Labute approximate surface area is 153 Å². The standard InChI is InChI=1S/C21H24O5/c1-14(2)21(23)20-16(11-18(25-4)12-19(20)22)8-5-15-6-9-17(10-7-15)26-13-24-3/h5-12,14,22H,13H2,1-4H3/b8-5+. The van der Waals surface area contributed by atoms with E-state index in [0.29, 0.717) is 22.6 Å². The van der Waals surface area contributed by atoms with Gasteiger partial charge in [0.25, 0.3) is 0 Å². The zero-order valence-electron chi connectivity index (χ0n) is 15.5. The monoisotopic (exact) mass is 356 g/mol. The Morgan fingerprint density at radius 3 is 2.35 bits per heavy atom. The Bertz CT molecular complexity index is 776. The quantitative estimate of drug-likeness (QED) is 0.432. The van der Waals surface area contributed by atoms with Crippen molar-refractivity contribution >= 4 is 17.9 Å². The summed E-state index contributed by atoms with van der Waals surface area (Å²) in [7, 11) is 3.08. The summed E-state index contributed by atoms with van der Waals surface area (Å²) in [5, 5.41) is 10.3. The lowest BCUT2D eigenvalue weighted by Gasteiger charge is -2.12. The highest BCUT2D eigenvalue weighted by Gasteiger charge is 2.19. The first kappa shape index (κ1) is 19.5. The first-order valence-corrected chi connectivity index (χ1v) is 8.31. The van der Waals surface area contributed by atoms with Crippen molar-refractivity contribution in [3.05, 3.63) is 53.1 Å². The third-order valence-corrected chi connectivity index (χ3v) is 3.81. The lowest BCUT2D eigenvalue weighted by molar-refractivity contribution is 0.0511. The fourth-order valence-electron chi connectivity index (χ4n) is 2.42. The molecule has 2 aromatic carbocycles. The fraction of sp³-hybridized carbons (Fsp3) is 0.286. The number of ketones is 1. The van der Waals surface area contributed by atoms with Gasteiger partial charge in [0.15, 0.2) is 12.6 Å². The molecular formula is C21H24O5. The highest BCUT2D eigenvalue weighted by Crippen LogP contribution is 2.31. The summed E-state index contributed by atoms with van der Waals surface area (Å²) in [5.74, 6) is 0.780. The summed E-state index contributed by atoms with van der Waals surface area (Å²) in [4.78, 5) is 12.5. The first-order chi connectivity index (χ1) is 12.5. The summed E-state index contributed by atoms with van der Waals surface area (Å²) < 4.78 is 15.4. The molecule has 0 saturated heterocycles. The van der Waals surface area contributed by atoms with Gasteiger partial charge in [-0.1, -0.05) is 38.1 Å². The number of hydrogen-bond donors (Lipinski definition) is 1. The van der Waals surface area contributed by atoms with Crippen LogP contribution in [0.2, 0.25) is 0 Å². The predicted octanol–water partition coefficient (Wildman–Crippen LogP) is 4.39. The van der Waals surface area contributed by atoms with Crippen LogP contribution in [0, 0.1) is 5.92 Å². The van der Waals surface area contributed by atoms with Crippen molar-refractivity contribution in [3.8, 4) is 17.2 Å². The number of rotatable bonds is 8. The van der Waals surface area contributed by atoms with E-state index in [9.17, 15) is 9.90 Å². The molecule has 2 aromatic rings. The predicted molar refractivity (Wildman–Crippen MR) is 102 cm³/mol. The molecule has 1 N–H and O–H groups in total. The van der Waals surface area contributed by atoms with Crippen LogP contribution in [-0.2, 0) is 4.74 Å². The van der Waals surface area contributed by atoms with Gasteiger partial charge < -0.3 is 19.3 Å².